The van der Waals surface area contributed by atoms with Crippen molar-refractivity contribution in [1.82, 2.24) is 14.6 Å². The van der Waals surface area contributed by atoms with Crippen LogP contribution in [0.5, 0.6) is 0 Å². The first kappa shape index (κ1) is 9.98. The summed E-state index contributed by atoms with van der Waals surface area (Å²) in [4.78, 5) is 15.3. The number of carboxylic acid groups (broad SMARTS) is 1. The van der Waals surface area contributed by atoms with Crippen molar-refractivity contribution in [2.24, 2.45) is 0 Å². The van der Waals surface area contributed by atoms with E-state index in [9.17, 15) is 4.79 Å². The van der Waals surface area contributed by atoms with Gasteiger partial charge in [0.2, 0.25) is 0 Å². The molecule has 0 aliphatic heterocycles. The summed E-state index contributed by atoms with van der Waals surface area (Å²) in [6.07, 6.45) is 3.36. The molecule has 17 heavy (non-hydrogen) atoms. The van der Waals surface area contributed by atoms with Gasteiger partial charge in [-0.3, -0.25) is 0 Å². The molecule has 0 aromatic carbocycles. The fourth-order valence-electron chi connectivity index (χ4n) is 1.61. The second-order valence-electron chi connectivity index (χ2n) is 3.44. The Morgan fingerprint density at radius 1 is 1.47 bits per heavy atom. The number of carbonyl (C=O) groups is 1. The lowest BCUT2D eigenvalue weighted by molar-refractivity contribution is 0.0702. The fourth-order valence-corrected chi connectivity index (χ4v) is 2.35. The Labute approximate surface area is 100.0 Å². The second kappa shape index (κ2) is 3.67. The van der Waals surface area contributed by atoms with E-state index in [0.717, 1.165) is 16.9 Å². The monoisotopic (exact) mass is 245 g/mol. The number of hydrogen-bond acceptors (Lipinski definition) is 4. The molecule has 6 heteroatoms. The third-order valence-corrected chi connectivity index (χ3v) is 3.30. The predicted molar refractivity (Wildman–Crippen MR) is 63.3 cm³/mol. The smallest absolute Gasteiger partial charge is 0.345 e. The molecule has 3 rings (SSSR count). The van der Waals surface area contributed by atoms with Crippen LogP contribution in [0.25, 0.3) is 16.9 Å². The molecule has 84 valence electrons. The summed E-state index contributed by atoms with van der Waals surface area (Å²) in [6.45, 7) is 0. The molecule has 0 amide bonds. The van der Waals surface area contributed by atoms with Crippen LogP contribution < -0.4 is 0 Å². The Balaban J connectivity index is 2.17. The Kier molecular flexibility index (Phi) is 2.15. The molecule has 5 nitrogen and oxygen atoms in total. The summed E-state index contributed by atoms with van der Waals surface area (Å²) in [5.41, 5.74) is 2.36. The molecule has 0 aliphatic rings. The third-order valence-electron chi connectivity index (χ3n) is 2.38. The molecular formula is C11H7N3O2S. The number of aromatic nitrogens is 3. The standard InChI is InChI=1S/C11H7N3O2S/c15-11(16)9-4-7(6-17-9)8-5-12-10-2-1-3-13-14(8)10/h1-6H,(H,15,16). The fraction of sp³-hybridized carbons (Fsp3) is 0. The van der Waals surface area contributed by atoms with Crippen molar-refractivity contribution in [3.05, 3.63) is 40.8 Å². The maximum Gasteiger partial charge on any atom is 0.345 e. The largest absolute Gasteiger partial charge is 0.477 e. The van der Waals surface area contributed by atoms with Crippen LogP contribution in [0.3, 0.4) is 0 Å². The van der Waals surface area contributed by atoms with Gasteiger partial charge in [0.1, 0.15) is 4.88 Å². The molecule has 0 fully saturated rings. The first-order valence-corrected chi connectivity index (χ1v) is 5.74. The van der Waals surface area contributed by atoms with Gasteiger partial charge in [0, 0.05) is 17.1 Å². The minimum absolute atomic E-state index is 0.311. The van der Waals surface area contributed by atoms with E-state index in [1.807, 2.05) is 12.1 Å². The van der Waals surface area contributed by atoms with E-state index >= 15 is 0 Å². The van der Waals surface area contributed by atoms with Crippen molar-refractivity contribution in [2.75, 3.05) is 0 Å². The molecule has 3 heterocycles. The summed E-state index contributed by atoms with van der Waals surface area (Å²) < 4.78 is 1.69. The molecular weight excluding hydrogens is 238 g/mol. The van der Waals surface area contributed by atoms with Crippen LogP contribution in [0.15, 0.2) is 36.0 Å². The van der Waals surface area contributed by atoms with Crippen molar-refractivity contribution in [3.8, 4) is 11.3 Å². The lowest BCUT2D eigenvalue weighted by Gasteiger charge is -1.95. The molecule has 0 spiro atoms. The third kappa shape index (κ3) is 1.58. The van der Waals surface area contributed by atoms with Gasteiger partial charge in [0.05, 0.1) is 11.9 Å². The highest BCUT2D eigenvalue weighted by Gasteiger charge is 2.11. The summed E-state index contributed by atoms with van der Waals surface area (Å²) in [5.74, 6) is -0.914. The van der Waals surface area contributed by atoms with E-state index in [1.54, 1.807) is 28.4 Å². The average Bonchev–Trinajstić information content (AvgIpc) is 2.95. The highest BCUT2D eigenvalue weighted by Crippen LogP contribution is 2.25. The molecule has 1 N–H and O–H groups in total. The molecule has 0 atom stereocenters. The van der Waals surface area contributed by atoms with Crippen molar-refractivity contribution in [2.45, 2.75) is 0 Å². The van der Waals surface area contributed by atoms with Crippen LogP contribution in [0.2, 0.25) is 0 Å². The Morgan fingerprint density at radius 2 is 2.35 bits per heavy atom. The number of hydrogen-bond donors (Lipinski definition) is 1. The first-order valence-electron chi connectivity index (χ1n) is 4.86. The minimum atomic E-state index is -0.914. The highest BCUT2D eigenvalue weighted by atomic mass is 32.1. The van der Waals surface area contributed by atoms with Crippen LogP contribution in [0.1, 0.15) is 9.67 Å². The predicted octanol–water partition coefficient (Wildman–Crippen LogP) is 2.16. The molecule has 3 aromatic rings. The number of fused-ring (bicyclic) bond motifs is 1. The van der Waals surface area contributed by atoms with Crippen LogP contribution in [-0.2, 0) is 0 Å². The van der Waals surface area contributed by atoms with Crippen LogP contribution in [0.4, 0.5) is 0 Å². The summed E-state index contributed by atoms with van der Waals surface area (Å²) in [6, 6.07) is 5.29. The van der Waals surface area contributed by atoms with Crippen LogP contribution in [-0.4, -0.2) is 25.7 Å². The molecule has 0 aliphatic carbocycles. The van der Waals surface area contributed by atoms with E-state index in [-0.39, 0.29) is 0 Å². The zero-order chi connectivity index (χ0) is 11.8. The quantitative estimate of drug-likeness (QED) is 0.751. The number of carboxylic acids is 1. The molecule has 0 saturated heterocycles. The van der Waals surface area contributed by atoms with Gasteiger partial charge in [0.25, 0.3) is 0 Å². The lowest BCUT2D eigenvalue weighted by Crippen LogP contribution is -1.92. The first-order chi connectivity index (χ1) is 8.25. The Bertz CT molecular complexity index is 701. The second-order valence-corrected chi connectivity index (χ2v) is 4.35. The van der Waals surface area contributed by atoms with Gasteiger partial charge in [-0.2, -0.15) is 5.10 Å². The van der Waals surface area contributed by atoms with E-state index in [0.29, 0.717) is 4.88 Å². The van der Waals surface area contributed by atoms with Crippen LogP contribution >= 0.6 is 11.3 Å². The van der Waals surface area contributed by atoms with Gasteiger partial charge in [-0.25, -0.2) is 14.3 Å². The van der Waals surface area contributed by atoms with Gasteiger partial charge >= 0.3 is 5.97 Å². The van der Waals surface area contributed by atoms with Gasteiger partial charge in [-0.05, 0) is 18.2 Å². The van der Waals surface area contributed by atoms with Gasteiger partial charge in [0.15, 0.2) is 5.65 Å². The Hall–Kier alpha value is -2.21. The van der Waals surface area contributed by atoms with E-state index in [2.05, 4.69) is 10.1 Å². The molecule has 0 saturated carbocycles. The SMILES string of the molecule is O=C(O)c1cc(-c2cnc3cccnn23)cs1. The maximum absolute atomic E-state index is 10.8. The number of imidazole rings is 1. The molecule has 0 radical (unpaired) electrons. The zero-order valence-electron chi connectivity index (χ0n) is 8.57. The number of thiophene rings is 1. The maximum atomic E-state index is 10.8. The average molecular weight is 245 g/mol. The van der Waals surface area contributed by atoms with Crippen molar-refractivity contribution in [3.63, 3.8) is 0 Å². The van der Waals surface area contributed by atoms with Crippen LogP contribution in [0, 0.1) is 0 Å². The summed E-state index contributed by atoms with van der Waals surface area (Å²) >= 11 is 1.20. The molecule has 0 bridgehead atoms. The topological polar surface area (TPSA) is 67.5 Å². The van der Waals surface area contributed by atoms with E-state index < -0.39 is 5.97 Å². The van der Waals surface area contributed by atoms with Gasteiger partial charge in [-0.15, -0.1) is 11.3 Å². The zero-order valence-corrected chi connectivity index (χ0v) is 9.39. The molecule has 3 aromatic heterocycles. The van der Waals surface area contributed by atoms with Crippen molar-refractivity contribution < 1.29 is 9.90 Å². The minimum Gasteiger partial charge on any atom is -0.477 e. The van der Waals surface area contributed by atoms with Gasteiger partial charge < -0.3 is 5.11 Å². The van der Waals surface area contributed by atoms with E-state index in [1.165, 1.54) is 11.3 Å². The number of nitrogens with zero attached hydrogens (tertiary/aromatic N) is 3. The molecule has 0 unspecified atom stereocenters. The van der Waals surface area contributed by atoms with E-state index in [4.69, 9.17) is 5.11 Å². The summed E-state index contributed by atoms with van der Waals surface area (Å²) in [5, 5.41) is 14.9. The highest BCUT2D eigenvalue weighted by molar-refractivity contribution is 7.12. The lowest BCUT2D eigenvalue weighted by atomic mass is 10.2. The summed E-state index contributed by atoms with van der Waals surface area (Å²) in [7, 11) is 0. The number of aromatic carboxylic acids is 1. The van der Waals surface area contributed by atoms with Crippen molar-refractivity contribution in [1.29, 1.82) is 0 Å². The van der Waals surface area contributed by atoms with Crippen molar-refractivity contribution >= 4 is 23.0 Å². The van der Waals surface area contributed by atoms with Gasteiger partial charge in [-0.1, -0.05) is 0 Å². The Morgan fingerprint density at radius 3 is 3.12 bits per heavy atom. The number of rotatable bonds is 2. The normalized spacial score (nSPS) is 10.8.